The Kier molecular flexibility index (Phi) is 30.1. The summed E-state index contributed by atoms with van der Waals surface area (Å²) in [4.78, 5) is 0. The minimum atomic E-state index is -10.6. The van der Waals surface area contributed by atoms with E-state index in [1.54, 1.807) is 0 Å². The molecule has 0 aromatic rings. The van der Waals surface area contributed by atoms with Crippen molar-refractivity contribution in [1.29, 1.82) is 0 Å². The van der Waals surface area contributed by atoms with Gasteiger partial charge in [-0.1, -0.05) is 0 Å². The zero-order valence-electron chi connectivity index (χ0n) is 54.0. The van der Waals surface area contributed by atoms with Crippen LogP contribution in [0.15, 0.2) is 0 Å². The standard InChI is InChI=1S/C44H16BF76.Na/c46-9(47,17(58,59)25(74,75)33(90,91)29(82,83)21(66,67)13(54,37(98,99)100)38(101,102)103)1-5-45(6-2-10(48,49)18(60,61)26(76,77)34(92,93)30(84,85)22(68,69)14(55,39(104,105)106)40(107,108)109,7-3-11(50,51)19(62,63)27(78,79)35(94,95)31(86,87)23(70,71)15(56,41(110,111)112)42(113,114)115)8-4-12(52,53)20(64,65)28(80,81)36(96,97)32(88,89)24(72,73)16(57,43(116,117)118)44(119,120)121;/h1-8H2;/q-1;+1. The molecule has 0 bridgehead atoms. The minimum absolute atomic E-state index is 0. The summed E-state index contributed by atoms with van der Waals surface area (Å²) in [6, 6.07) is 0. The first kappa shape index (κ1) is 120. The van der Waals surface area contributed by atoms with Crippen molar-refractivity contribution in [2.24, 2.45) is 0 Å². The van der Waals surface area contributed by atoms with E-state index in [9.17, 15) is 263 Å². The second kappa shape index (κ2) is 30.7. The third-order valence-electron chi connectivity index (χ3n) is 17.3. The van der Waals surface area contributed by atoms with Crippen LogP contribution in [0, 0.1) is 0 Å². The van der Waals surface area contributed by atoms with Gasteiger partial charge in [-0.15, -0.1) is 0 Å². The van der Waals surface area contributed by atoms with Crippen molar-refractivity contribution in [3.8, 4) is 0 Å². The zero-order valence-corrected chi connectivity index (χ0v) is 56.0. The number of hydrogen-bond donors (Lipinski definition) is 0. The van der Waals surface area contributed by atoms with Crippen molar-refractivity contribution >= 4 is 6.15 Å². The van der Waals surface area contributed by atoms with Crippen molar-refractivity contribution in [3.05, 3.63) is 0 Å². The van der Waals surface area contributed by atoms with E-state index in [-0.39, 0.29) is 29.6 Å². The Morgan fingerprint density at radius 1 is 0.107 bits per heavy atom. The van der Waals surface area contributed by atoms with Gasteiger partial charge in [-0.3, -0.25) is 0 Å². The fourth-order valence-electron chi connectivity index (χ4n) is 9.66. The minimum Gasteiger partial charge on any atom is -0.216 e. The molecule has 0 nitrogen and oxygen atoms in total. The Morgan fingerprint density at radius 2 is 0.180 bits per heavy atom. The fraction of sp³-hybridized carbons (Fsp3) is 1.00. The third kappa shape index (κ3) is 15.7. The number of alkyl halides is 76. The van der Waals surface area contributed by atoms with Crippen LogP contribution in [-0.4, -0.2) is 220 Å². The molecule has 0 atom stereocenters. The van der Waals surface area contributed by atoms with Crippen molar-refractivity contribution in [2.45, 2.75) is 265 Å². The second-order valence-corrected chi connectivity index (χ2v) is 24.8. The number of halogens is 76. The van der Waals surface area contributed by atoms with Crippen molar-refractivity contribution in [3.63, 3.8) is 0 Å². The summed E-state index contributed by atoms with van der Waals surface area (Å²) >= 11 is 0. The topological polar surface area (TPSA) is 0 Å². The van der Waals surface area contributed by atoms with E-state index in [0.29, 0.717) is 0 Å². The van der Waals surface area contributed by atoms with Gasteiger partial charge < -0.3 is 0 Å². The van der Waals surface area contributed by atoms with E-state index in [2.05, 4.69) is 0 Å². The summed E-state index contributed by atoms with van der Waals surface area (Å²) in [5.74, 6) is -247. The summed E-state index contributed by atoms with van der Waals surface area (Å²) in [7, 11) is 0. The molecule has 0 aromatic carbocycles. The SMILES string of the molecule is FC(F)(F)C(F)(C(F)(F)F)C(F)(F)C(F)(F)C(F)(F)C(F)(F)C(F)(F)C(F)(F)CC[B-](CCC(F)(F)C(F)(F)C(F)(F)C(F)(F)C(F)(F)C(F)(F)C(F)(C(F)(F)F)C(F)(F)F)(CCC(F)(F)C(F)(F)C(F)(F)C(F)(F)C(F)(F)C(F)(F)C(F)(C(F)(F)F)C(F)(F)F)CCC(F)(F)C(F)(F)C(F)(F)C(F)(F)C(F)(F)C(F)(F)C(F)(C(F)(F)F)C(F)(F)F.[Na+]. The van der Waals surface area contributed by atoms with Crippen LogP contribution in [0.25, 0.3) is 0 Å². The Morgan fingerprint density at radius 3 is 0.262 bits per heavy atom. The molecule has 728 valence electrons. The number of hydrogen-bond acceptors (Lipinski definition) is 0. The van der Waals surface area contributed by atoms with Crippen LogP contribution >= 0.6 is 0 Å². The average Bonchev–Trinajstić information content (AvgIpc) is 0.695. The van der Waals surface area contributed by atoms with Crippen molar-refractivity contribution in [1.82, 2.24) is 0 Å². The third-order valence-corrected chi connectivity index (χ3v) is 17.3. The monoisotopic (exact) mass is 2020 g/mol. The summed E-state index contributed by atoms with van der Waals surface area (Å²) in [6.07, 6.45) is -128. The molecule has 0 saturated carbocycles. The molecule has 0 rings (SSSR count). The van der Waals surface area contributed by atoms with Crippen LogP contribution < -0.4 is 29.6 Å². The molecule has 0 aliphatic heterocycles. The maximum Gasteiger partial charge on any atom is 1.00 e. The van der Waals surface area contributed by atoms with E-state index >= 15 is 70.2 Å². The Bertz CT molecular complexity index is 3040. The van der Waals surface area contributed by atoms with Crippen molar-refractivity contribution < 1.29 is 363 Å². The summed E-state index contributed by atoms with van der Waals surface area (Å²) in [6.45, 7) is 0. The predicted octanol–water partition coefficient (Wildman–Crippen LogP) is 24.6. The maximum absolute atomic E-state index is 15.6. The van der Waals surface area contributed by atoms with Gasteiger partial charge in [0.15, 0.2) is 0 Å². The predicted molar refractivity (Wildman–Crippen MR) is 226 cm³/mol. The van der Waals surface area contributed by atoms with Gasteiger partial charge in [-0.2, -0.15) is 341 Å². The molecule has 0 aliphatic rings. The summed E-state index contributed by atoms with van der Waals surface area (Å²) in [5, 5.41) is 0. The van der Waals surface area contributed by atoms with E-state index in [0.717, 1.165) is 0 Å². The molecule has 0 unspecified atom stereocenters. The molecule has 78 heteroatoms. The van der Waals surface area contributed by atoms with E-state index < -0.39 is 271 Å². The van der Waals surface area contributed by atoms with E-state index in [4.69, 9.17) is 0 Å². The quantitative estimate of drug-likeness (QED) is 0.0433. The van der Waals surface area contributed by atoms with Crippen LogP contribution in [0.2, 0.25) is 25.3 Å². The maximum atomic E-state index is 15.6. The molecule has 0 aliphatic carbocycles. The normalized spacial score (nSPS) is 17.2. The molecule has 0 fully saturated rings. The molecule has 0 spiro atoms. The number of rotatable bonds is 36. The summed E-state index contributed by atoms with van der Waals surface area (Å²) in [5.41, 5.74) is -39.8. The molecule has 0 radical (unpaired) electrons. The van der Waals surface area contributed by atoms with E-state index in [1.165, 1.54) is 0 Å². The van der Waals surface area contributed by atoms with Crippen molar-refractivity contribution in [2.75, 3.05) is 0 Å². The molecule has 0 amide bonds. The van der Waals surface area contributed by atoms with Gasteiger partial charge in [0.2, 0.25) is 0 Å². The van der Waals surface area contributed by atoms with Crippen LogP contribution in [0.1, 0.15) is 25.7 Å². The van der Waals surface area contributed by atoms with Gasteiger partial charge in [-0.25, -0.2) is 17.6 Å². The van der Waals surface area contributed by atoms with Gasteiger partial charge >= 0.3 is 244 Å². The molecular formula is C44H16BF76Na. The molecule has 0 aromatic heterocycles. The largest absolute Gasteiger partial charge is 1.00 e. The smallest absolute Gasteiger partial charge is 0.216 e. The molecule has 0 saturated heterocycles. The van der Waals surface area contributed by atoms with Gasteiger partial charge in [-0.05, 0) is 25.7 Å². The Hall–Kier alpha value is -4.26. The van der Waals surface area contributed by atoms with Crippen LogP contribution in [0.5, 0.6) is 0 Å². The van der Waals surface area contributed by atoms with Gasteiger partial charge in [0, 0.05) is 6.15 Å². The first-order valence-corrected chi connectivity index (χ1v) is 27.4. The molecular weight excluding hydrogens is 2010 g/mol. The van der Waals surface area contributed by atoms with Crippen LogP contribution in [-0.2, 0) is 0 Å². The second-order valence-electron chi connectivity index (χ2n) is 24.8. The average molecular weight is 2020 g/mol. The Balaban J connectivity index is 0. The van der Waals surface area contributed by atoms with E-state index in [1.807, 2.05) is 0 Å². The first-order chi connectivity index (χ1) is 50.8. The van der Waals surface area contributed by atoms with Crippen LogP contribution in [0.3, 0.4) is 0 Å². The Labute approximate surface area is 634 Å². The molecule has 122 heavy (non-hydrogen) atoms. The zero-order chi connectivity index (χ0) is 100. The molecule has 0 heterocycles. The molecule has 0 N–H and O–H groups in total. The van der Waals surface area contributed by atoms with Crippen LogP contribution in [0.4, 0.5) is 334 Å². The van der Waals surface area contributed by atoms with Gasteiger partial charge in [0.25, 0.3) is 0 Å². The van der Waals surface area contributed by atoms with Gasteiger partial charge in [0.05, 0.1) is 0 Å². The fourth-order valence-corrected chi connectivity index (χ4v) is 9.66. The first-order valence-electron chi connectivity index (χ1n) is 27.4. The summed E-state index contributed by atoms with van der Waals surface area (Å²) < 4.78 is 1080. The van der Waals surface area contributed by atoms with Gasteiger partial charge in [0.1, 0.15) is 0 Å².